The Bertz CT molecular complexity index is 1270. The van der Waals surface area contributed by atoms with Crippen LogP contribution in [0.2, 0.25) is 0 Å². The maximum Gasteiger partial charge on any atom is 0.262 e. The van der Waals surface area contributed by atoms with E-state index in [0.29, 0.717) is 48.7 Å². The monoisotopic (exact) mass is 487 g/mol. The van der Waals surface area contributed by atoms with Gasteiger partial charge in [-0.15, -0.1) is 0 Å². The Balaban J connectivity index is 1.56. The highest BCUT2D eigenvalue weighted by Gasteiger charge is 2.18. The fourth-order valence-electron chi connectivity index (χ4n) is 3.88. The SMILES string of the molecule is COCCCn1c(SCC(=O)N(Cc2ccccc2)Cc2ccccc2)nc2ccccc2c1=O. The number of amides is 1. The predicted octanol–water partition coefficient (Wildman–Crippen LogP) is 4.75. The lowest BCUT2D eigenvalue weighted by molar-refractivity contribution is -0.129. The third-order valence-electron chi connectivity index (χ3n) is 5.67. The van der Waals surface area contributed by atoms with Gasteiger partial charge in [-0.3, -0.25) is 14.2 Å². The molecule has 4 aromatic rings. The molecule has 7 heteroatoms. The molecule has 3 aromatic carbocycles. The Kier molecular flexibility index (Phi) is 8.70. The zero-order valence-electron chi connectivity index (χ0n) is 19.8. The fraction of sp³-hybridized carbons (Fsp3) is 0.250. The maximum absolute atomic E-state index is 13.4. The van der Waals surface area contributed by atoms with Crippen LogP contribution in [0.25, 0.3) is 10.9 Å². The van der Waals surface area contributed by atoms with Crippen molar-refractivity contribution >= 4 is 28.6 Å². The first kappa shape index (κ1) is 24.7. The van der Waals surface area contributed by atoms with Crippen molar-refractivity contribution in [2.24, 2.45) is 0 Å². The van der Waals surface area contributed by atoms with Crippen LogP contribution in [0.15, 0.2) is 94.9 Å². The van der Waals surface area contributed by atoms with E-state index in [4.69, 9.17) is 9.72 Å². The average Bonchev–Trinajstić information content (AvgIpc) is 2.89. The number of methoxy groups -OCH3 is 1. The van der Waals surface area contributed by atoms with E-state index in [-0.39, 0.29) is 17.2 Å². The molecule has 1 amide bonds. The molecule has 0 unspecified atom stereocenters. The van der Waals surface area contributed by atoms with E-state index in [1.54, 1.807) is 17.7 Å². The first-order chi connectivity index (χ1) is 17.2. The van der Waals surface area contributed by atoms with Crippen molar-refractivity contribution in [1.82, 2.24) is 14.5 Å². The third-order valence-corrected chi connectivity index (χ3v) is 6.63. The van der Waals surface area contributed by atoms with Gasteiger partial charge in [0, 0.05) is 33.4 Å². The van der Waals surface area contributed by atoms with Crippen molar-refractivity contribution in [3.63, 3.8) is 0 Å². The number of thioether (sulfide) groups is 1. The second-order valence-electron chi connectivity index (χ2n) is 8.22. The number of nitrogens with zero attached hydrogens (tertiary/aromatic N) is 3. The van der Waals surface area contributed by atoms with E-state index in [1.807, 2.05) is 83.8 Å². The molecule has 0 atom stereocenters. The van der Waals surface area contributed by atoms with Crippen LogP contribution in [0.3, 0.4) is 0 Å². The molecule has 0 saturated carbocycles. The Morgan fingerprint density at radius 3 is 2.14 bits per heavy atom. The Morgan fingerprint density at radius 2 is 1.51 bits per heavy atom. The van der Waals surface area contributed by atoms with Crippen LogP contribution in [-0.4, -0.2) is 39.8 Å². The molecule has 4 rings (SSSR count). The van der Waals surface area contributed by atoms with Crippen molar-refractivity contribution in [2.45, 2.75) is 31.2 Å². The first-order valence-electron chi connectivity index (χ1n) is 11.6. The Labute approximate surface area is 209 Å². The van der Waals surface area contributed by atoms with Gasteiger partial charge in [0.25, 0.3) is 5.56 Å². The number of carbonyl (C=O) groups excluding carboxylic acids is 1. The number of carbonyl (C=O) groups is 1. The Hall–Kier alpha value is -3.42. The van der Waals surface area contributed by atoms with E-state index in [2.05, 4.69) is 0 Å². The quantitative estimate of drug-likeness (QED) is 0.173. The molecule has 180 valence electrons. The molecule has 0 aliphatic carbocycles. The molecule has 0 bridgehead atoms. The summed E-state index contributed by atoms with van der Waals surface area (Å²) in [5.41, 5.74) is 2.69. The standard InChI is InChI=1S/C28H29N3O3S/c1-34-18-10-17-31-27(33)24-15-8-9-16-25(24)29-28(31)35-21-26(32)30(19-22-11-4-2-5-12-22)20-23-13-6-3-7-14-23/h2-9,11-16H,10,17-21H2,1H3. The maximum atomic E-state index is 13.4. The molecule has 0 aliphatic heterocycles. The molecule has 0 saturated heterocycles. The summed E-state index contributed by atoms with van der Waals surface area (Å²) in [6.07, 6.45) is 0.687. The smallest absolute Gasteiger partial charge is 0.262 e. The number of ether oxygens (including phenoxy) is 1. The summed E-state index contributed by atoms with van der Waals surface area (Å²) >= 11 is 1.31. The zero-order chi connectivity index (χ0) is 24.5. The number of benzene rings is 3. The number of hydrogen-bond acceptors (Lipinski definition) is 5. The van der Waals surface area contributed by atoms with E-state index in [9.17, 15) is 9.59 Å². The lowest BCUT2D eigenvalue weighted by Crippen LogP contribution is -2.32. The van der Waals surface area contributed by atoms with Crippen molar-refractivity contribution in [1.29, 1.82) is 0 Å². The van der Waals surface area contributed by atoms with Crippen molar-refractivity contribution in [2.75, 3.05) is 19.5 Å². The minimum atomic E-state index is -0.0907. The van der Waals surface area contributed by atoms with E-state index in [1.165, 1.54) is 11.8 Å². The van der Waals surface area contributed by atoms with Gasteiger partial charge in [-0.1, -0.05) is 84.6 Å². The second kappa shape index (κ2) is 12.3. The number of hydrogen-bond donors (Lipinski definition) is 0. The van der Waals surface area contributed by atoms with Crippen molar-refractivity contribution < 1.29 is 9.53 Å². The Morgan fingerprint density at radius 1 is 0.914 bits per heavy atom. The second-order valence-corrected chi connectivity index (χ2v) is 9.17. The average molecular weight is 488 g/mol. The molecule has 0 N–H and O–H groups in total. The summed E-state index contributed by atoms with van der Waals surface area (Å²) in [4.78, 5) is 33.2. The molecule has 1 aromatic heterocycles. The van der Waals surface area contributed by atoms with Gasteiger partial charge in [-0.2, -0.15) is 0 Å². The first-order valence-corrected chi connectivity index (χ1v) is 12.6. The van der Waals surface area contributed by atoms with E-state index >= 15 is 0 Å². The van der Waals surface area contributed by atoms with Gasteiger partial charge >= 0.3 is 0 Å². The molecule has 0 radical (unpaired) electrons. The number of para-hydroxylation sites is 1. The highest BCUT2D eigenvalue weighted by Crippen LogP contribution is 2.20. The van der Waals surface area contributed by atoms with Crippen LogP contribution < -0.4 is 5.56 Å². The molecule has 0 fully saturated rings. The minimum absolute atomic E-state index is 0.00597. The molecule has 0 aliphatic rings. The van der Waals surface area contributed by atoms with Crippen LogP contribution in [-0.2, 0) is 29.2 Å². The van der Waals surface area contributed by atoms with Gasteiger partial charge in [-0.05, 0) is 29.7 Å². The summed E-state index contributed by atoms with van der Waals surface area (Å²) in [5.74, 6) is 0.183. The number of rotatable bonds is 11. The van der Waals surface area contributed by atoms with Crippen LogP contribution in [0, 0.1) is 0 Å². The predicted molar refractivity (Wildman–Crippen MR) is 140 cm³/mol. The van der Waals surface area contributed by atoms with Gasteiger partial charge in [0.2, 0.25) is 5.91 Å². The largest absolute Gasteiger partial charge is 0.385 e. The van der Waals surface area contributed by atoms with Crippen LogP contribution in [0.1, 0.15) is 17.5 Å². The molecule has 0 spiro atoms. The van der Waals surface area contributed by atoms with Crippen molar-refractivity contribution in [3.05, 3.63) is 106 Å². The van der Waals surface area contributed by atoms with Crippen LogP contribution >= 0.6 is 11.8 Å². The van der Waals surface area contributed by atoms with E-state index in [0.717, 1.165) is 11.1 Å². The molecule has 1 heterocycles. The summed E-state index contributed by atoms with van der Waals surface area (Å²) in [5, 5.41) is 1.13. The normalized spacial score (nSPS) is 11.0. The lowest BCUT2D eigenvalue weighted by Gasteiger charge is -2.23. The van der Waals surface area contributed by atoms with Gasteiger partial charge in [0.05, 0.1) is 16.7 Å². The number of fused-ring (bicyclic) bond motifs is 1. The highest BCUT2D eigenvalue weighted by molar-refractivity contribution is 7.99. The summed E-state index contributed by atoms with van der Waals surface area (Å²) < 4.78 is 6.83. The molecular formula is C28H29N3O3S. The highest BCUT2D eigenvalue weighted by atomic mass is 32.2. The molecule has 6 nitrogen and oxygen atoms in total. The fourth-order valence-corrected chi connectivity index (χ4v) is 4.81. The van der Waals surface area contributed by atoms with Gasteiger partial charge < -0.3 is 9.64 Å². The lowest BCUT2D eigenvalue weighted by atomic mass is 10.1. The third kappa shape index (κ3) is 6.59. The summed E-state index contributed by atoms with van der Waals surface area (Å²) in [6, 6.07) is 27.3. The topological polar surface area (TPSA) is 64.4 Å². The number of aromatic nitrogens is 2. The van der Waals surface area contributed by atoms with Gasteiger partial charge in [0.15, 0.2) is 5.16 Å². The van der Waals surface area contributed by atoms with Crippen LogP contribution in [0.5, 0.6) is 0 Å². The summed E-state index contributed by atoms with van der Waals surface area (Å²) in [7, 11) is 1.64. The van der Waals surface area contributed by atoms with Gasteiger partial charge in [-0.25, -0.2) is 4.98 Å². The molecular weight excluding hydrogens is 458 g/mol. The van der Waals surface area contributed by atoms with Crippen molar-refractivity contribution in [3.8, 4) is 0 Å². The summed E-state index contributed by atoms with van der Waals surface area (Å²) in [6.45, 7) is 2.06. The minimum Gasteiger partial charge on any atom is -0.385 e. The zero-order valence-corrected chi connectivity index (χ0v) is 20.6. The molecule has 35 heavy (non-hydrogen) atoms. The van der Waals surface area contributed by atoms with E-state index < -0.39 is 0 Å². The van der Waals surface area contributed by atoms with Gasteiger partial charge in [0.1, 0.15) is 0 Å². The van der Waals surface area contributed by atoms with Crippen LogP contribution in [0.4, 0.5) is 0 Å².